The van der Waals surface area contributed by atoms with Crippen LogP contribution >= 0.6 is 0 Å². The highest BCUT2D eigenvalue weighted by Crippen LogP contribution is 2.26. The molecule has 0 atom stereocenters. The molecule has 2 rings (SSSR count). The molecule has 5 heteroatoms. The second-order valence-corrected chi connectivity index (χ2v) is 3.45. The predicted octanol–water partition coefficient (Wildman–Crippen LogP) is 4.38. The first-order valence-electron chi connectivity index (χ1n) is 4.83. The van der Waals surface area contributed by atoms with Gasteiger partial charge in [-0.25, -0.2) is 8.78 Å². The lowest BCUT2D eigenvalue weighted by atomic mass is 10.1. The van der Waals surface area contributed by atoms with Crippen LogP contribution in [0, 0.1) is 0 Å². The van der Waals surface area contributed by atoms with Gasteiger partial charge in [-0.15, -0.1) is 0 Å². The lowest BCUT2D eigenvalue weighted by Crippen LogP contribution is -2.01. The van der Waals surface area contributed by atoms with E-state index in [1.165, 1.54) is 36.4 Å². The Bertz CT molecular complexity index is 525. The van der Waals surface area contributed by atoms with Crippen molar-refractivity contribution in [2.45, 2.75) is 13.0 Å². The molecule has 0 N–H and O–H groups in total. The fourth-order valence-electron chi connectivity index (χ4n) is 1.55. The predicted molar refractivity (Wildman–Crippen MR) is 55.5 cm³/mol. The molecule has 90 valence electrons. The first-order chi connectivity index (χ1) is 8.06. The van der Waals surface area contributed by atoms with Crippen LogP contribution in [0.4, 0.5) is 17.6 Å². The van der Waals surface area contributed by atoms with E-state index in [-0.39, 0.29) is 11.3 Å². The molecule has 17 heavy (non-hydrogen) atoms. The summed E-state index contributed by atoms with van der Waals surface area (Å²) in [5, 5.41) is 1.14. The zero-order valence-electron chi connectivity index (χ0n) is 8.54. The molecule has 0 aliphatic carbocycles. The third kappa shape index (κ3) is 2.67. The highest BCUT2D eigenvalue weighted by molar-refractivity contribution is 5.84. The first-order valence-corrected chi connectivity index (χ1v) is 4.83. The van der Waals surface area contributed by atoms with Gasteiger partial charge in [-0.05, 0) is 29.0 Å². The van der Waals surface area contributed by atoms with Crippen LogP contribution in [0.15, 0.2) is 36.4 Å². The molecular formula is C12H8F4O. The molecule has 2 aromatic rings. The molecule has 0 aliphatic rings. The zero-order valence-corrected chi connectivity index (χ0v) is 8.54. The summed E-state index contributed by atoms with van der Waals surface area (Å²) in [5.74, 6) is 0.0114. The van der Waals surface area contributed by atoms with Gasteiger partial charge in [0.1, 0.15) is 5.75 Å². The minimum Gasteiger partial charge on any atom is -0.435 e. The van der Waals surface area contributed by atoms with Gasteiger partial charge in [-0.3, -0.25) is 0 Å². The van der Waals surface area contributed by atoms with Gasteiger partial charge in [-0.1, -0.05) is 18.2 Å². The summed E-state index contributed by atoms with van der Waals surface area (Å²) in [5.41, 5.74) is -0.0972. The summed E-state index contributed by atoms with van der Waals surface area (Å²) < 4.78 is 53.0. The summed E-state index contributed by atoms with van der Waals surface area (Å²) in [6.45, 7) is -2.90. The number of rotatable bonds is 3. The maximum Gasteiger partial charge on any atom is 0.387 e. The SMILES string of the molecule is FC(F)Oc1ccc2cc(C(F)F)ccc2c1. The number of fused-ring (bicyclic) bond motifs is 1. The fraction of sp³-hybridized carbons (Fsp3) is 0.167. The Morgan fingerprint density at radius 2 is 1.47 bits per heavy atom. The maximum atomic E-state index is 12.4. The Hall–Kier alpha value is -1.78. The number of alkyl halides is 4. The van der Waals surface area contributed by atoms with Gasteiger partial charge in [0.2, 0.25) is 0 Å². The van der Waals surface area contributed by atoms with Gasteiger partial charge in [0.25, 0.3) is 6.43 Å². The lowest BCUT2D eigenvalue weighted by molar-refractivity contribution is -0.0497. The maximum absolute atomic E-state index is 12.4. The van der Waals surface area contributed by atoms with Gasteiger partial charge in [0.05, 0.1) is 0 Å². The van der Waals surface area contributed by atoms with Crippen LogP contribution in [0.1, 0.15) is 12.0 Å². The molecule has 0 unspecified atom stereocenters. The fourth-order valence-corrected chi connectivity index (χ4v) is 1.55. The minimum atomic E-state index is -2.90. The molecule has 0 amide bonds. The molecule has 0 aliphatic heterocycles. The Morgan fingerprint density at radius 3 is 2.12 bits per heavy atom. The molecule has 0 bridgehead atoms. The van der Waals surface area contributed by atoms with E-state index in [1.54, 1.807) is 0 Å². The van der Waals surface area contributed by atoms with E-state index in [1.807, 2.05) is 0 Å². The number of benzene rings is 2. The molecule has 2 aromatic carbocycles. The average molecular weight is 244 g/mol. The Balaban J connectivity index is 2.39. The van der Waals surface area contributed by atoms with E-state index in [2.05, 4.69) is 4.74 Å². The summed E-state index contributed by atoms with van der Waals surface area (Å²) in [7, 11) is 0. The van der Waals surface area contributed by atoms with Crippen molar-refractivity contribution >= 4 is 10.8 Å². The van der Waals surface area contributed by atoms with Gasteiger partial charge < -0.3 is 4.74 Å². The first kappa shape index (κ1) is 11.7. The van der Waals surface area contributed by atoms with Crippen LogP contribution < -0.4 is 4.74 Å². The molecule has 0 fully saturated rings. The van der Waals surface area contributed by atoms with Gasteiger partial charge in [-0.2, -0.15) is 8.78 Å². The molecule has 0 aromatic heterocycles. The number of ether oxygens (including phenoxy) is 1. The van der Waals surface area contributed by atoms with Crippen molar-refractivity contribution < 1.29 is 22.3 Å². The minimum absolute atomic E-state index is 0.0114. The van der Waals surface area contributed by atoms with Crippen molar-refractivity contribution in [1.29, 1.82) is 0 Å². The second-order valence-electron chi connectivity index (χ2n) is 3.45. The Morgan fingerprint density at radius 1 is 0.824 bits per heavy atom. The Labute approximate surface area is 94.6 Å². The van der Waals surface area contributed by atoms with Gasteiger partial charge >= 0.3 is 6.61 Å². The average Bonchev–Trinajstić information content (AvgIpc) is 2.27. The topological polar surface area (TPSA) is 9.23 Å². The van der Waals surface area contributed by atoms with E-state index in [9.17, 15) is 17.6 Å². The summed E-state index contributed by atoms with van der Waals surface area (Å²) in [6.07, 6.45) is -2.55. The highest BCUT2D eigenvalue weighted by Gasteiger charge is 2.09. The molecular weight excluding hydrogens is 236 g/mol. The van der Waals surface area contributed by atoms with Crippen molar-refractivity contribution in [2.24, 2.45) is 0 Å². The second kappa shape index (κ2) is 4.61. The van der Waals surface area contributed by atoms with Crippen molar-refractivity contribution in [3.05, 3.63) is 42.0 Å². The largest absolute Gasteiger partial charge is 0.435 e. The quantitative estimate of drug-likeness (QED) is 0.728. The smallest absolute Gasteiger partial charge is 0.387 e. The van der Waals surface area contributed by atoms with Crippen LogP contribution in [0.2, 0.25) is 0 Å². The van der Waals surface area contributed by atoms with Gasteiger partial charge in [0, 0.05) is 5.56 Å². The standard InChI is InChI=1S/C12H8F4O/c13-11(14)9-2-1-8-6-10(17-12(15)16)4-3-7(8)5-9/h1-6,11-12H. The van der Waals surface area contributed by atoms with Crippen molar-refractivity contribution in [1.82, 2.24) is 0 Å². The van der Waals surface area contributed by atoms with Crippen LogP contribution in [0.25, 0.3) is 10.8 Å². The lowest BCUT2D eigenvalue weighted by Gasteiger charge is -2.07. The van der Waals surface area contributed by atoms with E-state index < -0.39 is 13.0 Å². The van der Waals surface area contributed by atoms with E-state index in [4.69, 9.17) is 0 Å². The molecule has 0 radical (unpaired) electrons. The van der Waals surface area contributed by atoms with E-state index in [0.717, 1.165) is 0 Å². The number of halogens is 4. The third-order valence-corrected chi connectivity index (χ3v) is 2.31. The molecule has 0 heterocycles. The highest BCUT2D eigenvalue weighted by atomic mass is 19.3. The van der Waals surface area contributed by atoms with Crippen LogP contribution in [0.3, 0.4) is 0 Å². The van der Waals surface area contributed by atoms with Crippen LogP contribution in [-0.4, -0.2) is 6.61 Å². The Kier molecular flexibility index (Phi) is 3.17. The summed E-state index contributed by atoms with van der Waals surface area (Å²) in [4.78, 5) is 0. The van der Waals surface area contributed by atoms with E-state index >= 15 is 0 Å². The normalized spacial score (nSPS) is 11.4. The summed E-state index contributed by atoms with van der Waals surface area (Å²) in [6, 6.07) is 8.22. The monoisotopic (exact) mass is 244 g/mol. The molecule has 1 nitrogen and oxygen atoms in total. The number of hydrogen-bond donors (Lipinski definition) is 0. The third-order valence-electron chi connectivity index (χ3n) is 2.31. The van der Waals surface area contributed by atoms with Crippen LogP contribution in [-0.2, 0) is 0 Å². The van der Waals surface area contributed by atoms with E-state index in [0.29, 0.717) is 10.8 Å². The molecule has 0 spiro atoms. The van der Waals surface area contributed by atoms with Crippen LogP contribution in [0.5, 0.6) is 5.75 Å². The summed E-state index contributed by atoms with van der Waals surface area (Å²) >= 11 is 0. The van der Waals surface area contributed by atoms with Crippen molar-refractivity contribution in [3.63, 3.8) is 0 Å². The van der Waals surface area contributed by atoms with Gasteiger partial charge in [0.15, 0.2) is 0 Å². The number of hydrogen-bond acceptors (Lipinski definition) is 1. The molecule has 0 saturated heterocycles. The van der Waals surface area contributed by atoms with Crippen molar-refractivity contribution in [3.8, 4) is 5.75 Å². The zero-order chi connectivity index (χ0) is 12.4. The molecule has 0 saturated carbocycles. The van der Waals surface area contributed by atoms with Crippen molar-refractivity contribution in [2.75, 3.05) is 0 Å².